The van der Waals surface area contributed by atoms with Crippen molar-refractivity contribution in [1.29, 1.82) is 0 Å². The van der Waals surface area contributed by atoms with Crippen LogP contribution in [0.1, 0.15) is 43.9 Å². The van der Waals surface area contributed by atoms with Gasteiger partial charge in [0.1, 0.15) is 0 Å². The van der Waals surface area contributed by atoms with Gasteiger partial charge in [-0.3, -0.25) is 9.48 Å². The molecule has 2 aromatic heterocycles. The summed E-state index contributed by atoms with van der Waals surface area (Å²) in [6, 6.07) is 9.78. The Morgan fingerprint density at radius 2 is 1.93 bits per heavy atom. The third-order valence-electron chi connectivity index (χ3n) is 6.00. The summed E-state index contributed by atoms with van der Waals surface area (Å²) in [7, 11) is 0. The summed E-state index contributed by atoms with van der Waals surface area (Å²) in [5, 5.41) is 13.4. The maximum atomic E-state index is 13.2. The molecule has 1 aliphatic rings. The zero-order chi connectivity index (χ0) is 21.5. The minimum atomic E-state index is -0.913. The average Bonchev–Trinajstić information content (AvgIpc) is 3.26. The molecule has 1 aliphatic heterocycles. The van der Waals surface area contributed by atoms with Crippen molar-refractivity contribution in [3.8, 4) is 11.4 Å². The molecule has 0 amide bonds. The molecular formula is C23H29N5O2. The van der Waals surface area contributed by atoms with Crippen molar-refractivity contribution in [2.45, 2.75) is 65.3 Å². The van der Waals surface area contributed by atoms with E-state index >= 15 is 0 Å². The van der Waals surface area contributed by atoms with Gasteiger partial charge in [-0.2, -0.15) is 0 Å². The van der Waals surface area contributed by atoms with Crippen LogP contribution in [0.15, 0.2) is 41.3 Å². The SMILES string of the molecule is Cc1ccccc1Cc1c(-c2ccnc(NC(C)C(C)(C)O)n2)n2n(c1=O)CCC2. The molecule has 3 aromatic rings. The van der Waals surface area contributed by atoms with Gasteiger partial charge < -0.3 is 10.4 Å². The predicted molar refractivity (Wildman–Crippen MR) is 118 cm³/mol. The van der Waals surface area contributed by atoms with Crippen LogP contribution in [0, 0.1) is 6.92 Å². The minimum Gasteiger partial charge on any atom is -0.388 e. The van der Waals surface area contributed by atoms with Crippen molar-refractivity contribution in [3.05, 3.63) is 63.6 Å². The molecule has 4 rings (SSSR count). The van der Waals surface area contributed by atoms with E-state index in [2.05, 4.69) is 34.0 Å². The molecule has 1 unspecified atom stereocenters. The van der Waals surface area contributed by atoms with E-state index in [-0.39, 0.29) is 11.6 Å². The molecule has 0 saturated carbocycles. The van der Waals surface area contributed by atoms with Crippen molar-refractivity contribution in [3.63, 3.8) is 0 Å². The van der Waals surface area contributed by atoms with Crippen LogP contribution in [0.2, 0.25) is 0 Å². The number of aryl methyl sites for hydroxylation is 1. The van der Waals surface area contributed by atoms with Crippen LogP contribution in [-0.2, 0) is 19.5 Å². The number of aliphatic hydroxyl groups is 1. The van der Waals surface area contributed by atoms with Crippen LogP contribution in [-0.4, -0.2) is 36.1 Å². The van der Waals surface area contributed by atoms with Crippen molar-refractivity contribution in [2.75, 3.05) is 5.32 Å². The number of aromatic nitrogens is 4. The van der Waals surface area contributed by atoms with E-state index in [4.69, 9.17) is 4.98 Å². The summed E-state index contributed by atoms with van der Waals surface area (Å²) < 4.78 is 3.89. The van der Waals surface area contributed by atoms with Gasteiger partial charge in [0.05, 0.1) is 28.6 Å². The molecule has 3 heterocycles. The van der Waals surface area contributed by atoms with Crippen molar-refractivity contribution in [1.82, 2.24) is 19.3 Å². The van der Waals surface area contributed by atoms with Crippen molar-refractivity contribution < 1.29 is 5.11 Å². The Balaban J connectivity index is 1.78. The second-order valence-corrected chi connectivity index (χ2v) is 8.62. The molecule has 158 valence electrons. The Kier molecular flexibility index (Phi) is 5.24. The maximum Gasteiger partial charge on any atom is 0.270 e. The zero-order valence-corrected chi connectivity index (χ0v) is 18.0. The number of hydrogen-bond donors (Lipinski definition) is 2. The highest BCUT2D eigenvalue weighted by atomic mass is 16.3. The summed E-state index contributed by atoms with van der Waals surface area (Å²) >= 11 is 0. The number of nitrogens with one attached hydrogen (secondary N) is 1. The third kappa shape index (κ3) is 3.77. The Morgan fingerprint density at radius 3 is 2.67 bits per heavy atom. The smallest absolute Gasteiger partial charge is 0.270 e. The lowest BCUT2D eigenvalue weighted by Gasteiger charge is -2.26. The molecular weight excluding hydrogens is 378 g/mol. The first-order valence-electron chi connectivity index (χ1n) is 10.4. The lowest BCUT2D eigenvalue weighted by molar-refractivity contribution is 0.0646. The van der Waals surface area contributed by atoms with Gasteiger partial charge in [0.25, 0.3) is 5.56 Å². The highest BCUT2D eigenvalue weighted by Gasteiger charge is 2.27. The first-order valence-corrected chi connectivity index (χ1v) is 10.4. The monoisotopic (exact) mass is 407 g/mol. The highest BCUT2D eigenvalue weighted by Crippen LogP contribution is 2.27. The van der Waals surface area contributed by atoms with Crippen molar-refractivity contribution >= 4 is 5.95 Å². The molecule has 0 spiro atoms. The summed E-state index contributed by atoms with van der Waals surface area (Å²) in [6.07, 6.45) is 3.21. The molecule has 2 N–H and O–H groups in total. The van der Waals surface area contributed by atoms with E-state index in [1.54, 1.807) is 20.0 Å². The van der Waals surface area contributed by atoms with Crippen LogP contribution in [0.25, 0.3) is 11.4 Å². The van der Waals surface area contributed by atoms with Gasteiger partial charge in [-0.1, -0.05) is 24.3 Å². The van der Waals surface area contributed by atoms with E-state index in [0.717, 1.165) is 42.0 Å². The molecule has 1 atom stereocenters. The lowest BCUT2D eigenvalue weighted by Crippen LogP contribution is -2.39. The molecule has 1 aromatic carbocycles. The molecule has 0 radical (unpaired) electrons. The van der Waals surface area contributed by atoms with Crippen LogP contribution < -0.4 is 10.9 Å². The van der Waals surface area contributed by atoms with Gasteiger partial charge in [-0.15, -0.1) is 0 Å². The topological polar surface area (TPSA) is 85.0 Å². The Hall–Kier alpha value is -2.93. The van der Waals surface area contributed by atoms with Gasteiger partial charge in [0.15, 0.2) is 0 Å². The van der Waals surface area contributed by atoms with Crippen LogP contribution in [0.4, 0.5) is 5.95 Å². The summed E-state index contributed by atoms with van der Waals surface area (Å²) in [6.45, 7) is 8.97. The number of fused-ring (bicyclic) bond motifs is 1. The molecule has 7 heteroatoms. The predicted octanol–water partition coefficient (Wildman–Crippen LogP) is 2.98. The molecule has 7 nitrogen and oxygen atoms in total. The fraction of sp³-hybridized carbons (Fsp3) is 0.435. The molecule has 30 heavy (non-hydrogen) atoms. The summed E-state index contributed by atoms with van der Waals surface area (Å²) in [4.78, 5) is 22.2. The maximum absolute atomic E-state index is 13.2. The Morgan fingerprint density at radius 1 is 1.20 bits per heavy atom. The first kappa shape index (κ1) is 20.3. The number of anilines is 1. The Labute approximate surface area is 176 Å². The molecule has 0 aliphatic carbocycles. The average molecular weight is 408 g/mol. The van der Waals surface area contributed by atoms with Crippen molar-refractivity contribution in [2.24, 2.45) is 0 Å². The van der Waals surface area contributed by atoms with Gasteiger partial charge in [0, 0.05) is 25.7 Å². The minimum absolute atomic E-state index is 0.0590. The normalized spacial score (nSPS) is 14.6. The molecule has 0 saturated heterocycles. The van der Waals surface area contributed by atoms with Gasteiger partial charge >= 0.3 is 0 Å². The van der Waals surface area contributed by atoms with Gasteiger partial charge in [-0.05, 0) is 51.3 Å². The third-order valence-corrected chi connectivity index (χ3v) is 6.00. The fourth-order valence-electron chi connectivity index (χ4n) is 3.84. The number of hydrogen-bond acceptors (Lipinski definition) is 5. The van der Waals surface area contributed by atoms with Gasteiger partial charge in [-0.25, -0.2) is 14.6 Å². The van der Waals surface area contributed by atoms with E-state index in [1.165, 1.54) is 5.56 Å². The first-order chi connectivity index (χ1) is 14.3. The number of nitrogens with zero attached hydrogens (tertiary/aromatic N) is 4. The van der Waals surface area contributed by atoms with Crippen LogP contribution in [0.3, 0.4) is 0 Å². The second kappa shape index (κ2) is 7.72. The number of rotatable bonds is 6. The van der Waals surface area contributed by atoms with Crippen LogP contribution in [0.5, 0.6) is 0 Å². The molecule has 0 bridgehead atoms. The van der Waals surface area contributed by atoms with Gasteiger partial charge in [0.2, 0.25) is 5.95 Å². The van der Waals surface area contributed by atoms with E-state index in [1.807, 2.05) is 29.8 Å². The summed E-state index contributed by atoms with van der Waals surface area (Å²) in [5.41, 5.74) is 3.81. The quantitative estimate of drug-likeness (QED) is 0.656. The van der Waals surface area contributed by atoms with Crippen LogP contribution >= 0.6 is 0 Å². The van der Waals surface area contributed by atoms with E-state index < -0.39 is 5.60 Å². The molecule has 0 fully saturated rings. The highest BCUT2D eigenvalue weighted by molar-refractivity contribution is 5.61. The Bertz CT molecular complexity index is 1120. The number of benzene rings is 1. The van der Waals surface area contributed by atoms with E-state index in [0.29, 0.717) is 12.4 Å². The zero-order valence-electron chi connectivity index (χ0n) is 18.0. The lowest BCUT2D eigenvalue weighted by atomic mass is 9.99. The fourth-order valence-corrected chi connectivity index (χ4v) is 3.84. The standard InChI is InChI=1S/C23H29N5O2/c1-15-8-5-6-9-17(15)14-18-20(27-12-7-13-28(27)21(18)29)19-10-11-24-22(26-19)25-16(2)23(3,4)30/h5-6,8-11,16,30H,7,12-14H2,1-4H3,(H,24,25,26). The second-order valence-electron chi connectivity index (χ2n) is 8.62. The largest absolute Gasteiger partial charge is 0.388 e. The summed E-state index contributed by atoms with van der Waals surface area (Å²) in [5.74, 6) is 0.440. The van der Waals surface area contributed by atoms with E-state index in [9.17, 15) is 9.90 Å².